The van der Waals surface area contributed by atoms with Gasteiger partial charge in [-0.3, -0.25) is 9.59 Å². The number of fused-ring (bicyclic) bond motifs is 1. The van der Waals surface area contributed by atoms with E-state index < -0.39 is 5.91 Å². The summed E-state index contributed by atoms with van der Waals surface area (Å²) in [6.07, 6.45) is 0. The quantitative estimate of drug-likeness (QED) is 0.702. The molecule has 0 aliphatic rings. The molecule has 2 N–H and O–H groups in total. The number of carbonyl (C=O) groups is 1. The Morgan fingerprint density at radius 1 is 1.09 bits per heavy atom. The van der Waals surface area contributed by atoms with Gasteiger partial charge in [0.2, 0.25) is 0 Å². The van der Waals surface area contributed by atoms with Crippen molar-refractivity contribution in [3.63, 3.8) is 0 Å². The molecule has 0 unspecified atom stereocenters. The summed E-state index contributed by atoms with van der Waals surface area (Å²) in [6.45, 7) is 1.68. The molecule has 1 aromatic heterocycles. The number of nitrogen functional groups attached to an aromatic ring is 1. The average Bonchev–Trinajstić information content (AvgIpc) is 2.49. The number of benzene rings is 2. The van der Waals surface area contributed by atoms with Crippen molar-refractivity contribution in [3.05, 3.63) is 75.0 Å². The lowest BCUT2D eigenvalue weighted by atomic mass is 10.1. The Morgan fingerprint density at radius 2 is 1.77 bits per heavy atom. The average molecular weight is 313 g/mol. The van der Waals surface area contributed by atoms with Crippen molar-refractivity contribution in [1.29, 1.82) is 0 Å². The van der Waals surface area contributed by atoms with Crippen LogP contribution >= 0.6 is 11.6 Å². The molecule has 0 saturated carbocycles. The van der Waals surface area contributed by atoms with Gasteiger partial charge in [0.25, 0.3) is 11.5 Å². The minimum atomic E-state index is -0.402. The zero-order valence-electron chi connectivity index (χ0n) is 11.8. The van der Waals surface area contributed by atoms with Gasteiger partial charge in [-0.2, -0.15) is 0 Å². The van der Waals surface area contributed by atoms with Gasteiger partial charge in [-0.15, -0.1) is 0 Å². The monoisotopic (exact) mass is 312 g/mol. The van der Waals surface area contributed by atoms with E-state index in [-0.39, 0.29) is 5.56 Å². The van der Waals surface area contributed by atoms with Gasteiger partial charge in [-0.1, -0.05) is 17.7 Å². The Bertz CT molecular complexity index is 943. The number of halogens is 1. The lowest BCUT2D eigenvalue weighted by molar-refractivity contribution is 0.0961. The number of nitrogens with two attached hydrogens (primary N) is 1. The van der Waals surface area contributed by atoms with E-state index in [0.717, 1.165) is 9.95 Å². The summed E-state index contributed by atoms with van der Waals surface area (Å²) in [6, 6.07) is 13.3. The van der Waals surface area contributed by atoms with E-state index in [1.165, 1.54) is 0 Å². The molecule has 0 radical (unpaired) electrons. The maximum absolute atomic E-state index is 12.7. The van der Waals surface area contributed by atoms with Crippen LogP contribution in [0.25, 0.3) is 10.9 Å². The van der Waals surface area contributed by atoms with Crippen LogP contribution in [0, 0.1) is 6.92 Å². The molecule has 0 amide bonds. The molecule has 0 aliphatic carbocycles. The summed E-state index contributed by atoms with van der Waals surface area (Å²) >= 11 is 5.84. The normalized spacial score (nSPS) is 10.8. The predicted molar refractivity (Wildman–Crippen MR) is 88.5 cm³/mol. The van der Waals surface area contributed by atoms with E-state index >= 15 is 0 Å². The highest BCUT2D eigenvalue weighted by atomic mass is 35.5. The molecule has 0 spiro atoms. The molecule has 3 aromatic rings. The number of aromatic nitrogens is 1. The summed E-state index contributed by atoms with van der Waals surface area (Å²) in [5.74, 6) is -0.402. The first kappa shape index (κ1) is 14.4. The van der Waals surface area contributed by atoms with Gasteiger partial charge in [0.15, 0.2) is 0 Å². The maximum atomic E-state index is 12.7. The Morgan fingerprint density at radius 3 is 2.45 bits per heavy atom. The van der Waals surface area contributed by atoms with Gasteiger partial charge < -0.3 is 5.73 Å². The molecule has 0 fully saturated rings. The van der Waals surface area contributed by atoms with E-state index in [1.807, 2.05) is 0 Å². The summed E-state index contributed by atoms with van der Waals surface area (Å²) in [5, 5.41) is 1.32. The van der Waals surface area contributed by atoms with Crippen LogP contribution in [0.1, 0.15) is 15.9 Å². The van der Waals surface area contributed by atoms with Crippen LogP contribution in [-0.2, 0) is 0 Å². The fourth-order valence-electron chi connectivity index (χ4n) is 2.38. The molecule has 0 atom stereocenters. The second-order valence-corrected chi connectivity index (χ2v) is 5.53. The molecule has 3 rings (SSSR count). The molecule has 1 heterocycles. The Kier molecular flexibility index (Phi) is 3.47. The van der Waals surface area contributed by atoms with E-state index in [9.17, 15) is 9.59 Å². The molecular formula is C17H13ClN2O2. The summed E-state index contributed by atoms with van der Waals surface area (Å²) in [7, 11) is 0. The first-order valence-electron chi connectivity index (χ1n) is 6.69. The van der Waals surface area contributed by atoms with Crippen molar-refractivity contribution in [2.24, 2.45) is 0 Å². The number of pyridine rings is 1. The maximum Gasteiger partial charge on any atom is 0.265 e. The minimum Gasteiger partial charge on any atom is -0.399 e. The summed E-state index contributed by atoms with van der Waals surface area (Å²) in [5.41, 5.74) is 7.33. The number of rotatable bonds is 1. The summed E-state index contributed by atoms with van der Waals surface area (Å²) in [4.78, 5) is 25.2. The number of anilines is 1. The van der Waals surface area contributed by atoms with Crippen molar-refractivity contribution in [1.82, 2.24) is 4.57 Å². The largest absolute Gasteiger partial charge is 0.399 e. The van der Waals surface area contributed by atoms with Crippen LogP contribution in [0.5, 0.6) is 0 Å². The molecule has 110 valence electrons. The van der Waals surface area contributed by atoms with Crippen LogP contribution in [0.3, 0.4) is 0 Å². The van der Waals surface area contributed by atoms with Crippen molar-refractivity contribution in [3.8, 4) is 0 Å². The first-order chi connectivity index (χ1) is 10.5. The fraction of sp³-hybridized carbons (Fsp3) is 0.0588. The molecular weight excluding hydrogens is 300 g/mol. The second kappa shape index (κ2) is 5.31. The van der Waals surface area contributed by atoms with Crippen LogP contribution in [-0.4, -0.2) is 10.5 Å². The molecule has 4 nitrogen and oxygen atoms in total. The zero-order chi connectivity index (χ0) is 15.9. The fourth-order valence-corrected chi connectivity index (χ4v) is 2.51. The number of nitrogens with zero attached hydrogens (tertiary/aromatic N) is 1. The number of hydrogen-bond donors (Lipinski definition) is 1. The lowest BCUT2D eigenvalue weighted by Crippen LogP contribution is -2.29. The van der Waals surface area contributed by atoms with Gasteiger partial charge in [0.1, 0.15) is 0 Å². The predicted octanol–water partition coefficient (Wildman–Crippen LogP) is 3.23. The number of hydrogen-bond acceptors (Lipinski definition) is 3. The Hall–Kier alpha value is -2.59. The Labute approximate surface area is 131 Å². The molecule has 0 bridgehead atoms. The van der Waals surface area contributed by atoms with Crippen molar-refractivity contribution < 1.29 is 4.79 Å². The standard InChI is InChI=1S/C17H13ClN2O2/c1-10-8-12-4-7-14(19)9-15(12)20(16(10)21)17(22)11-2-5-13(18)6-3-11/h2-9H,19H2,1H3. The van der Waals surface area contributed by atoms with Crippen LogP contribution in [0.4, 0.5) is 5.69 Å². The number of aryl methyl sites for hydroxylation is 1. The third-order valence-corrected chi connectivity index (χ3v) is 3.75. The minimum absolute atomic E-state index is 0.349. The second-order valence-electron chi connectivity index (χ2n) is 5.10. The topological polar surface area (TPSA) is 65.1 Å². The van der Waals surface area contributed by atoms with Gasteiger partial charge in [0.05, 0.1) is 5.52 Å². The van der Waals surface area contributed by atoms with Gasteiger partial charge in [0, 0.05) is 21.8 Å². The Balaban J connectivity index is 2.31. The highest BCUT2D eigenvalue weighted by molar-refractivity contribution is 6.30. The SMILES string of the molecule is Cc1cc2ccc(N)cc2n(C(=O)c2ccc(Cl)cc2)c1=O. The third kappa shape index (κ3) is 2.38. The van der Waals surface area contributed by atoms with Crippen molar-refractivity contribution in [2.75, 3.05) is 5.73 Å². The van der Waals surface area contributed by atoms with Crippen molar-refractivity contribution in [2.45, 2.75) is 6.92 Å². The van der Waals surface area contributed by atoms with Gasteiger partial charge >= 0.3 is 0 Å². The van der Waals surface area contributed by atoms with E-state index in [1.54, 1.807) is 55.5 Å². The first-order valence-corrected chi connectivity index (χ1v) is 7.07. The highest BCUT2D eigenvalue weighted by Crippen LogP contribution is 2.19. The van der Waals surface area contributed by atoms with Crippen LogP contribution < -0.4 is 11.3 Å². The van der Waals surface area contributed by atoms with Crippen LogP contribution in [0.15, 0.2) is 53.3 Å². The molecule has 5 heteroatoms. The zero-order valence-corrected chi connectivity index (χ0v) is 12.6. The van der Waals surface area contributed by atoms with E-state index in [4.69, 9.17) is 17.3 Å². The highest BCUT2D eigenvalue weighted by Gasteiger charge is 2.15. The molecule has 22 heavy (non-hydrogen) atoms. The smallest absolute Gasteiger partial charge is 0.265 e. The summed E-state index contributed by atoms with van der Waals surface area (Å²) < 4.78 is 1.16. The van der Waals surface area contributed by atoms with E-state index in [2.05, 4.69) is 0 Å². The number of carbonyl (C=O) groups excluding carboxylic acids is 1. The molecule has 0 aliphatic heterocycles. The lowest BCUT2D eigenvalue weighted by Gasteiger charge is -2.11. The van der Waals surface area contributed by atoms with Gasteiger partial charge in [-0.25, -0.2) is 4.57 Å². The molecule has 0 saturated heterocycles. The molecule has 2 aromatic carbocycles. The van der Waals surface area contributed by atoms with E-state index in [0.29, 0.717) is 27.4 Å². The van der Waals surface area contributed by atoms with Crippen molar-refractivity contribution >= 4 is 34.1 Å². The van der Waals surface area contributed by atoms with Crippen LogP contribution in [0.2, 0.25) is 5.02 Å². The van der Waals surface area contributed by atoms with Gasteiger partial charge in [-0.05, 0) is 54.8 Å². The third-order valence-electron chi connectivity index (χ3n) is 3.50.